The van der Waals surface area contributed by atoms with Crippen LogP contribution >= 0.6 is 0 Å². The molecule has 390 valence electrons. The highest BCUT2D eigenvalue weighted by Gasteiger charge is 2.42. The number of nitrogens with zero attached hydrogens (tertiary/aromatic N) is 4. The number of hydrogen-bond acceptors (Lipinski definition) is 12. The summed E-state index contributed by atoms with van der Waals surface area (Å²) in [6.07, 6.45) is 4.83. The summed E-state index contributed by atoms with van der Waals surface area (Å²) in [6.45, 7) is 14.1. The zero-order valence-corrected chi connectivity index (χ0v) is 43.3. The molecule has 0 spiro atoms. The Balaban J connectivity index is 1.31. The van der Waals surface area contributed by atoms with Gasteiger partial charge in [0.2, 0.25) is 30.4 Å². The first-order valence-corrected chi connectivity index (χ1v) is 25.1. The lowest BCUT2D eigenvalue weighted by molar-refractivity contribution is -0.159. The second kappa shape index (κ2) is 27.3. The third kappa shape index (κ3) is 15.3. The van der Waals surface area contributed by atoms with Gasteiger partial charge >= 0.3 is 12.1 Å². The van der Waals surface area contributed by atoms with E-state index in [2.05, 4.69) is 10.6 Å². The summed E-state index contributed by atoms with van der Waals surface area (Å²) in [5.74, 6) is -4.11. The molecule has 4 rings (SSSR count). The van der Waals surface area contributed by atoms with E-state index in [4.69, 9.17) is 18.9 Å². The Hall–Kier alpha value is -5.36. The highest BCUT2D eigenvalue weighted by atomic mass is 16.7. The molecule has 1 aromatic carbocycles. The van der Waals surface area contributed by atoms with Gasteiger partial charge in [-0.15, -0.1) is 0 Å². The molecule has 2 heterocycles. The van der Waals surface area contributed by atoms with Gasteiger partial charge in [0.1, 0.15) is 12.1 Å². The minimum atomic E-state index is -1.06. The SMILES string of the molecule is CCC(C)[C@@H]([C@@H](CC(=O)N1CC[C@@H]([C@H](OC)[C@@H](C)C(=O)NCCc2ccccc2)C1)OC)N(C)C(=O)[C@@H](NC(=O)[C@H](C(C)C)N(C)C(=O)OCOC(=O)C1CCC(CN2C(=O)C=CC2=O)CC1)C(C)C. The largest absolute Gasteiger partial charge is 0.428 e. The van der Waals surface area contributed by atoms with Gasteiger partial charge in [0.25, 0.3) is 11.8 Å². The number of amides is 7. The fourth-order valence-electron chi connectivity index (χ4n) is 10.2. The van der Waals surface area contributed by atoms with Gasteiger partial charge < -0.3 is 39.4 Å². The quantitative estimate of drug-likeness (QED) is 0.0784. The summed E-state index contributed by atoms with van der Waals surface area (Å²) in [6, 6.07) is 7.34. The van der Waals surface area contributed by atoms with Crippen LogP contribution in [0.15, 0.2) is 42.5 Å². The number of esters is 1. The van der Waals surface area contributed by atoms with Gasteiger partial charge in [-0.05, 0) is 67.8 Å². The fourth-order valence-corrected chi connectivity index (χ4v) is 10.2. The second-order valence-electron chi connectivity index (χ2n) is 20.1. The van der Waals surface area contributed by atoms with Crippen LogP contribution in [0, 0.1) is 41.4 Å². The van der Waals surface area contributed by atoms with E-state index >= 15 is 0 Å². The van der Waals surface area contributed by atoms with E-state index in [1.807, 2.05) is 65.0 Å². The second-order valence-corrected chi connectivity index (χ2v) is 20.1. The number of rotatable bonds is 25. The van der Waals surface area contributed by atoms with Gasteiger partial charge in [0.05, 0.1) is 36.5 Å². The third-order valence-electron chi connectivity index (χ3n) is 14.6. The summed E-state index contributed by atoms with van der Waals surface area (Å²) in [7, 11) is 6.19. The third-order valence-corrected chi connectivity index (χ3v) is 14.6. The van der Waals surface area contributed by atoms with Crippen molar-refractivity contribution in [3.63, 3.8) is 0 Å². The molecular formula is C52H80N6O12. The smallest absolute Gasteiger partial charge is 0.413 e. The van der Waals surface area contributed by atoms with Crippen LogP contribution in [0.4, 0.5) is 4.79 Å². The Kier molecular flexibility index (Phi) is 22.3. The van der Waals surface area contributed by atoms with E-state index in [9.17, 15) is 38.4 Å². The van der Waals surface area contributed by atoms with Crippen molar-refractivity contribution in [2.45, 2.75) is 130 Å². The van der Waals surface area contributed by atoms with Gasteiger partial charge in [-0.2, -0.15) is 0 Å². The van der Waals surface area contributed by atoms with Crippen LogP contribution in [0.2, 0.25) is 0 Å². The average molecular weight is 981 g/mol. The van der Waals surface area contributed by atoms with E-state index in [0.29, 0.717) is 71.1 Å². The summed E-state index contributed by atoms with van der Waals surface area (Å²) < 4.78 is 22.5. The number of hydrogen-bond donors (Lipinski definition) is 2. The molecule has 1 aliphatic carbocycles. The van der Waals surface area contributed by atoms with E-state index in [0.717, 1.165) is 10.5 Å². The molecule has 1 saturated heterocycles. The van der Waals surface area contributed by atoms with Crippen molar-refractivity contribution in [2.75, 3.05) is 61.3 Å². The Labute approximate surface area is 414 Å². The number of benzene rings is 1. The maximum atomic E-state index is 14.5. The minimum absolute atomic E-state index is 0.00376. The molecule has 0 aromatic heterocycles. The van der Waals surface area contributed by atoms with Crippen molar-refractivity contribution in [3.8, 4) is 0 Å². The predicted molar refractivity (Wildman–Crippen MR) is 261 cm³/mol. The van der Waals surface area contributed by atoms with Crippen LogP contribution in [-0.4, -0.2) is 159 Å². The molecule has 8 atom stereocenters. The first kappa shape index (κ1) is 57.2. The van der Waals surface area contributed by atoms with Crippen LogP contribution in [0.1, 0.15) is 99.0 Å². The molecule has 1 saturated carbocycles. The molecule has 2 aliphatic heterocycles. The molecule has 1 unspecified atom stereocenters. The van der Waals surface area contributed by atoms with Crippen molar-refractivity contribution >= 4 is 47.5 Å². The topological polar surface area (TPSA) is 210 Å². The van der Waals surface area contributed by atoms with Crippen molar-refractivity contribution < 1.29 is 57.3 Å². The highest BCUT2D eigenvalue weighted by Crippen LogP contribution is 2.32. The van der Waals surface area contributed by atoms with Crippen molar-refractivity contribution in [3.05, 3.63) is 48.0 Å². The minimum Gasteiger partial charge on any atom is -0.428 e. The lowest BCUT2D eigenvalue weighted by atomic mass is 9.82. The number of carbonyl (C=O) groups excluding carboxylic acids is 8. The maximum Gasteiger partial charge on any atom is 0.413 e. The van der Waals surface area contributed by atoms with E-state index in [-0.39, 0.29) is 59.6 Å². The lowest BCUT2D eigenvalue weighted by Gasteiger charge is -2.40. The zero-order chi connectivity index (χ0) is 51.8. The Morgan fingerprint density at radius 2 is 1.44 bits per heavy atom. The fraction of sp³-hybridized carbons (Fsp3) is 0.692. The van der Waals surface area contributed by atoms with Crippen LogP contribution in [0.25, 0.3) is 0 Å². The first-order valence-electron chi connectivity index (χ1n) is 25.1. The molecule has 18 heteroatoms. The zero-order valence-electron chi connectivity index (χ0n) is 43.3. The Morgan fingerprint density at radius 1 is 0.800 bits per heavy atom. The summed E-state index contributed by atoms with van der Waals surface area (Å²) in [5, 5.41) is 5.95. The number of nitrogens with one attached hydrogen (secondary N) is 2. The summed E-state index contributed by atoms with van der Waals surface area (Å²) in [4.78, 5) is 112. The van der Waals surface area contributed by atoms with Gasteiger partial charge in [-0.3, -0.25) is 43.4 Å². The predicted octanol–water partition coefficient (Wildman–Crippen LogP) is 4.59. The van der Waals surface area contributed by atoms with E-state index < -0.39 is 72.8 Å². The highest BCUT2D eigenvalue weighted by molar-refractivity contribution is 6.12. The Morgan fingerprint density at radius 3 is 2.01 bits per heavy atom. The Bertz CT molecular complexity index is 1950. The lowest BCUT2D eigenvalue weighted by Crippen LogP contribution is -2.60. The molecule has 2 fully saturated rings. The number of likely N-dealkylation sites (tertiary alicyclic amines) is 1. The number of imide groups is 1. The molecule has 7 amide bonds. The number of ether oxygens (including phenoxy) is 4. The number of likely N-dealkylation sites (N-methyl/N-ethyl adjacent to an activating group) is 2. The van der Waals surface area contributed by atoms with Crippen LogP contribution in [-0.2, 0) is 58.9 Å². The maximum absolute atomic E-state index is 14.5. The van der Waals surface area contributed by atoms with E-state index in [1.54, 1.807) is 37.8 Å². The van der Waals surface area contributed by atoms with Crippen LogP contribution in [0.5, 0.6) is 0 Å². The molecule has 18 nitrogen and oxygen atoms in total. The monoisotopic (exact) mass is 981 g/mol. The van der Waals surface area contributed by atoms with Gasteiger partial charge in [0.15, 0.2) is 0 Å². The summed E-state index contributed by atoms with van der Waals surface area (Å²) >= 11 is 0. The average Bonchev–Trinajstić information content (AvgIpc) is 3.96. The summed E-state index contributed by atoms with van der Waals surface area (Å²) in [5.41, 5.74) is 1.14. The number of carbonyl (C=O) groups is 8. The van der Waals surface area contributed by atoms with Gasteiger partial charge in [-0.1, -0.05) is 85.2 Å². The standard InChI is InChI=1S/C52H80N6O12/c1-12-34(6)46(40(67-10)28-43(61)57-27-25-39(30-57)47(68-11)35(7)48(62)53-26-24-36-16-14-13-15-17-36)55(8)50(64)44(32(2)3)54-49(63)45(33(4)5)56(9)52(66)70-31-69-51(65)38-20-18-37(19-21-38)29-58-41(59)22-23-42(58)60/h13-17,22-23,32-35,37-40,44-47H,12,18-21,24-31H2,1-11H3,(H,53,62)(H,54,63)/t34?,35-,37?,38?,39-,40-,44+,45+,46+,47-/m1/s1. The molecule has 0 radical (unpaired) electrons. The molecule has 70 heavy (non-hydrogen) atoms. The normalized spacial score (nSPS) is 21.1. The van der Waals surface area contributed by atoms with Gasteiger partial charge in [0, 0.05) is 72.6 Å². The molecular weight excluding hydrogens is 901 g/mol. The van der Waals surface area contributed by atoms with Crippen LogP contribution < -0.4 is 10.6 Å². The van der Waals surface area contributed by atoms with Crippen molar-refractivity contribution in [1.29, 1.82) is 0 Å². The van der Waals surface area contributed by atoms with E-state index in [1.165, 1.54) is 31.2 Å². The number of methoxy groups -OCH3 is 2. The molecule has 0 bridgehead atoms. The van der Waals surface area contributed by atoms with Gasteiger partial charge in [-0.25, -0.2) is 4.79 Å². The van der Waals surface area contributed by atoms with Crippen LogP contribution in [0.3, 0.4) is 0 Å². The van der Waals surface area contributed by atoms with Crippen molar-refractivity contribution in [1.82, 2.24) is 30.2 Å². The first-order chi connectivity index (χ1) is 33.2. The van der Waals surface area contributed by atoms with Crippen molar-refractivity contribution in [2.24, 2.45) is 41.4 Å². The molecule has 3 aliphatic rings. The molecule has 2 N–H and O–H groups in total. The molecule has 1 aromatic rings.